The highest BCUT2D eigenvalue weighted by molar-refractivity contribution is 7.92. The number of hydrogen-bond acceptors (Lipinski definition) is 3. The van der Waals surface area contributed by atoms with Crippen LogP contribution in [0.5, 0.6) is 0 Å². The van der Waals surface area contributed by atoms with E-state index in [4.69, 9.17) is 0 Å². The molecule has 0 spiro atoms. The number of nitrogens with one attached hydrogen (secondary N) is 1. The first-order valence-electron chi connectivity index (χ1n) is 9.63. The fourth-order valence-corrected chi connectivity index (χ4v) is 4.72. The van der Waals surface area contributed by atoms with Crippen molar-refractivity contribution in [2.24, 2.45) is 0 Å². The largest absolute Gasteiger partial charge is 0.308 e. The van der Waals surface area contributed by atoms with Crippen LogP contribution in [-0.4, -0.2) is 20.9 Å². The molecule has 1 heterocycles. The number of carbonyl (C=O) groups is 1. The molecule has 0 aromatic heterocycles. The second kappa shape index (κ2) is 7.91. The lowest BCUT2D eigenvalue weighted by atomic mass is 10.0. The number of amides is 1. The highest BCUT2D eigenvalue weighted by Gasteiger charge is 2.25. The monoisotopic (exact) mass is 424 g/mol. The van der Waals surface area contributed by atoms with Crippen molar-refractivity contribution in [3.63, 3.8) is 0 Å². The lowest BCUT2D eigenvalue weighted by Gasteiger charge is -2.30. The molecule has 0 bridgehead atoms. The molecule has 1 aliphatic heterocycles. The Kier molecular flexibility index (Phi) is 5.30. The molecule has 1 aliphatic rings. The molecule has 5 nitrogen and oxygen atoms in total. The third-order valence-electron chi connectivity index (χ3n) is 5.09. The van der Waals surface area contributed by atoms with E-state index in [1.807, 2.05) is 13.0 Å². The fraction of sp³-hybridized carbons (Fsp3) is 0.174. The molecule has 30 heavy (non-hydrogen) atoms. The van der Waals surface area contributed by atoms with Crippen molar-refractivity contribution in [1.82, 2.24) is 0 Å². The average molecular weight is 424 g/mol. The summed E-state index contributed by atoms with van der Waals surface area (Å²) >= 11 is 0. The lowest BCUT2D eigenvalue weighted by Crippen LogP contribution is -2.35. The number of aryl methyl sites for hydroxylation is 2. The molecule has 0 aliphatic carbocycles. The first-order valence-corrected chi connectivity index (χ1v) is 11.1. The second-order valence-corrected chi connectivity index (χ2v) is 9.02. The van der Waals surface area contributed by atoms with Crippen LogP contribution in [0.25, 0.3) is 0 Å². The van der Waals surface area contributed by atoms with Gasteiger partial charge in [0.05, 0.1) is 4.90 Å². The van der Waals surface area contributed by atoms with Crippen LogP contribution in [0, 0.1) is 12.7 Å². The quantitative estimate of drug-likeness (QED) is 0.669. The van der Waals surface area contributed by atoms with E-state index in [-0.39, 0.29) is 10.8 Å². The minimum atomic E-state index is -3.75. The summed E-state index contributed by atoms with van der Waals surface area (Å²) in [5.74, 6) is -0.633. The zero-order chi connectivity index (χ0) is 21.3. The number of carbonyl (C=O) groups excluding carboxylic acids is 1. The van der Waals surface area contributed by atoms with Crippen LogP contribution >= 0.6 is 0 Å². The molecule has 0 radical (unpaired) electrons. The summed E-state index contributed by atoms with van der Waals surface area (Å²) in [7, 11) is -3.75. The van der Waals surface area contributed by atoms with E-state index >= 15 is 0 Å². The molecular weight excluding hydrogens is 403 g/mol. The highest BCUT2D eigenvalue weighted by atomic mass is 32.2. The van der Waals surface area contributed by atoms with Gasteiger partial charge in [0.25, 0.3) is 15.9 Å². The number of nitrogens with zero attached hydrogens (tertiary/aromatic N) is 1. The normalized spacial score (nSPS) is 13.6. The van der Waals surface area contributed by atoms with Gasteiger partial charge in [-0.1, -0.05) is 12.1 Å². The van der Waals surface area contributed by atoms with Crippen LogP contribution < -0.4 is 9.62 Å². The van der Waals surface area contributed by atoms with Gasteiger partial charge in [-0.2, -0.15) is 0 Å². The van der Waals surface area contributed by atoms with Crippen LogP contribution in [0.4, 0.5) is 15.8 Å². The molecular formula is C23H21FN2O3S. The summed E-state index contributed by atoms with van der Waals surface area (Å²) in [6, 6.07) is 17.4. The number of hydrogen-bond donors (Lipinski definition) is 1. The van der Waals surface area contributed by atoms with Crippen LogP contribution in [0.2, 0.25) is 0 Å². The van der Waals surface area contributed by atoms with E-state index in [1.165, 1.54) is 30.3 Å². The Balaban J connectivity index is 1.63. The Bertz CT molecular complexity index is 1210. The molecule has 4 rings (SSSR count). The summed E-state index contributed by atoms with van der Waals surface area (Å²) < 4.78 is 41.5. The van der Waals surface area contributed by atoms with E-state index in [2.05, 4.69) is 4.72 Å². The van der Waals surface area contributed by atoms with Gasteiger partial charge in [0, 0.05) is 23.5 Å². The number of rotatable bonds is 4. The topological polar surface area (TPSA) is 66.5 Å². The van der Waals surface area contributed by atoms with Crippen molar-refractivity contribution in [2.45, 2.75) is 24.7 Å². The van der Waals surface area contributed by atoms with Gasteiger partial charge in [-0.25, -0.2) is 12.8 Å². The van der Waals surface area contributed by atoms with Crippen molar-refractivity contribution in [1.29, 1.82) is 0 Å². The molecule has 1 amide bonds. The number of benzene rings is 3. The van der Waals surface area contributed by atoms with E-state index in [9.17, 15) is 17.6 Å². The van der Waals surface area contributed by atoms with E-state index in [0.29, 0.717) is 29.9 Å². The van der Waals surface area contributed by atoms with Crippen molar-refractivity contribution >= 4 is 27.3 Å². The van der Waals surface area contributed by atoms with Gasteiger partial charge in [-0.15, -0.1) is 0 Å². The standard InChI is InChI=1S/C23H21FN2O3S/c1-16-4-2-6-20(14-16)25-30(28,29)21-11-12-22-18(15-21)5-3-13-26(22)23(27)17-7-9-19(24)10-8-17/h2,4,6-12,14-15,25H,3,5,13H2,1H3. The van der Waals surface area contributed by atoms with Gasteiger partial charge in [0.1, 0.15) is 5.82 Å². The van der Waals surface area contributed by atoms with Gasteiger partial charge < -0.3 is 4.90 Å². The Morgan fingerprint density at radius 2 is 1.80 bits per heavy atom. The third kappa shape index (κ3) is 4.07. The van der Waals surface area contributed by atoms with Gasteiger partial charge >= 0.3 is 0 Å². The van der Waals surface area contributed by atoms with Crippen molar-refractivity contribution < 1.29 is 17.6 Å². The Labute approximate surface area is 175 Å². The SMILES string of the molecule is Cc1cccc(NS(=O)(=O)c2ccc3c(c2)CCCN3C(=O)c2ccc(F)cc2)c1. The molecule has 154 valence electrons. The summed E-state index contributed by atoms with van der Waals surface area (Å²) in [5.41, 5.74) is 3.33. The smallest absolute Gasteiger partial charge is 0.261 e. The molecule has 0 saturated heterocycles. The van der Waals surface area contributed by atoms with Crippen molar-refractivity contribution in [3.8, 4) is 0 Å². The maximum Gasteiger partial charge on any atom is 0.261 e. The maximum atomic E-state index is 13.2. The minimum Gasteiger partial charge on any atom is -0.308 e. The Hall–Kier alpha value is -3.19. The molecule has 0 fully saturated rings. The first kappa shape index (κ1) is 20.1. The second-order valence-electron chi connectivity index (χ2n) is 7.33. The molecule has 0 atom stereocenters. The Morgan fingerprint density at radius 1 is 1.03 bits per heavy atom. The van der Waals surface area contributed by atoms with Crippen molar-refractivity contribution in [2.75, 3.05) is 16.2 Å². The third-order valence-corrected chi connectivity index (χ3v) is 6.47. The fourth-order valence-electron chi connectivity index (χ4n) is 3.62. The summed E-state index contributed by atoms with van der Waals surface area (Å²) in [6.07, 6.45) is 1.39. The van der Waals surface area contributed by atoms with Crippen LogP contribution in [0.1, 0.15) is 27.9 Å². The minimum absolute atomic E-state index is 0.152. The summed E-state index contributed by atoms with van der Waals surface area (Å²) in [6.45, 7) is 2.42. The lowest BCUT2D eigenvalue weighted by molar-refractivity contribution is 0.0985. The molecule has 1 N–H and O–H groups in total. The average Bonchev–Trinajstić information content (AvgIpc) is 2.72. The van der Waals surface area contributed by atoms with Gasteiger partial charge in [0.15, 0.2) is 0 Å². The van der Waals surface area contributed by atoms with Crippen LogP contribution in [-0.2, 0) is 16.4 Å². The zero-order valence-electron chi connectivity index (χ0n) is 16.4. The van der Waals surface area contributed by atoms with Crippen LogP contribution in [0.3, 0.4) is 0 Å². The van der Waals surface area contributed by atoms with Gasteiger partial charge in [-0.05, 0) is 85.5 Å². The summed E-state index contributed by atoms with van der Waals surface area (Å²) in [4.78, 5) is 14.7. The summed E-state index contributed by atoms with van der Waals surface area (Å²) in [5, 5.41) is 0. The molecule has 3 aromatic carbocycles. The Morgan fingerprint density at radius 3 is 2.53 bits per heavy atom. The van der Waals surface area contributed by atoms with Gasteiger partial charge in [-0.3, -0.25) is 9.52 Å². The maximum absolute atomic E-state index is 13.2. The number of sulfonamides is 1. The molecule has 0 unspecified atom stereocenters. The van der Waals surface area contributed by atoms with E-state index in [1.54, 1.807) is 35.2 Å². The van der Waals surface area contributed by atoms with Gasteiger partial charge in [0.2, 0.25) is 0 Å². The zero-order valence-corrected chi connectivity index (χ0v) is 17.2. The van der Waals surface area contributed by atoms with E-state index in [0.717, 1.165) is 17.5 Å². The van der Waals surface area contributed by atoms with Crippen LogP contribution in [0.15, 0.2) is 71.6 Å². The molecule has 3 aromatic rings. The number of halogens is 1. The molecule has 0 saturated carbocycles. The number of anilines is 2. The highest BCUT2D eigenvalue weighted by Crippen LogP contribution is 2.31. The first-order chi connectivity index (χ1) is 14.3. The molecule has 7 heteroatoms. The predicted octanol–water partition coefficient (Wildman–Crippen LogP) is 4.53. The van der Waals surface area contributed by atoms with Crippen molar-refractivity contribution in [3.05, 3.63) is 89.2 Å². The predicted molar refractivity (Wildman–Crippen MR) is 115 cm³/mol. The van der Waals surface area contributed by atoms with E-state index < -0.39 is 15.8 Å². The number of fused-ring (bicyclic) bond motifs is 1.